The topological polar surface area (TPSA) is 172 Å². The number of aliphatic carboxylic acids is 1. The van der Waals surface area contributed by atoms with Crippen molar-refractivity contribution in [3.8, 4) is 0 Å². The van der Waals surface area contributed by atoms with E-state index < -0.39 is 24.3 Å². The van der Waals surface area contributed by atoms with Gasteiger partial charge in [0, 0.05) is 21.8 Å². The van der Waals surface area contributed by atoms with Crippen molar-refractivity contribution in [1.29, 1.82) is 0 Å². The van der Waals surface area contributed by atoms with Crippen molar-refractivity contribution < 1.29 is 19.8 Å². The molecule has 0 spiro atoms. The second kappa shape index (κ2) is 8.28. The van der Waals surface area contributed by atoms with Gasteiger partial charge in [-0.25, -0.2) is 4.79 Å². The molecule has 0 bridgehead atoms. The van der Waals surface area contributed by atoms with E-state index in [1.54, 1.807) is 0 Å². The summed E-state index contributed by atoms with van der Waals surface area (Å²) in [6.45, 7) is -0.0195. The summed E-state index contributed by atoms with van der Waals surface area (Å²) in [6, 6.07) is 4.38. The largest absolute Gasteiger partial charge is 0.479 e. The Morgan fingerprint density at radius 1 is 1.14 bits per heavy atom. The number of hydrogen-bond donors (Lipinski definition) is 2. The predicted octanol–water partition coefficient (Wildman–Crippen LogP) is 2.33. The van der Waals surface area contributed by atoms with Crippen LogP contribution in [0.3, 0.4) is 0 Å². The number of azide groups is 2. The highest BCUT2D eigenvalue weighted by Gasteiger charge is 2.19. The van der Waals surface area contributed by atoms with Crippen LogP contribution >= 0.6 is 0 Å². The van der Waals surface area contributed by atoms with E-state index in [1.165, 1.54) is 18.2 Å². The van der Waals surface area contributed by atoms with Crippen LogP contribution in [0.15, 0.2) is 28.4 Å². The van der Waals surface area contributed by atoms with Crippen molar-refractivity contribution in [3.05, 3.63) is 55.8 Å². The highest BCUT2D eigenvalue weighted by Crippen LogP contribution is 2.17. The molecule has 0 saturated carbocycles. The van der Waals surface area contributed by atoms with E-state index >= 15 is 0 Å². The van der Waals surface area contributed by atoms with Gasteiger partial charge in [0.1, 0.15) is 0 Å². The van der Waals surface area contributed by atoms with Crippen LogP contribution in [0.2, 0.25) is 0 Å². The van der Waals surface area contributed by atoms with Crippen LogP contribution in [0.1, 0.15) is 27.9 Å². The molecule has 0 fully saturated rings. The van der Waals surface area contributed by atoms with Gasteiger partial charge in [-0.2, -0.15) is 0 Å². The van der Waals surface area contributed by atoms with E-state index in [0.717, 1.165) is 0 Å². The number of benzene rings is 1. The monoisotopic (exact) mass is 304 g/mol. The Kier molecular flexibility index (Phi) is 6.39. The standard InChI is InChI=1S/C12H12N6O4/c13-17-15-5-8-2-1-7(3-9(8)6-16-18-14)10(19)4-11(20)12(21)22/h1-3,11,20H,4-6H2,(H,21,22). The number of ketones is 1. The van der Waals surface area contributed by atoms with Gasteiger partial charge in [-0.05, 0) is 28.3 Å². The first-order valence-corrected chi connectivity index (χ1v) is 6.07. The minimum atomic E-state index is -1.78. The average Bonchev–Trinajstić information content (AvgIpc) is 2.50. The molecule has 1 aromatic rings. The third-order valence-electron chi connectivity index (χ3n) is 2.80. The zero-order valence-electron chi connectivity index (χ0n) is 11.3. The normalized spacial score (nSPS) is 11.0. The molecule has 0 aliphatic heterocycles. The van der Waals surface area contributed by atoms with Crippen LogP contribution in [0.25, 0.3) is 20.9 Å². The van der Waals surface area contributed by atoms with E-state index in [9.17, 15) is 14.7 Å². The summed E-state index contributed by atoms with van der Waals surface area (Å²) < 4.78 is 0. The van der Waals surface area contributed by atoms with Gasteiger partial charge in [-0.15, -0.1) is 0 Å². The summed E-state index contributed by atoms with van der Waals surface area (Å²) in [5.41, 5.74) is 17.9. The Balaban J connectivity index is 3.06. The third-order valence-corrected chi connectivity index (χ3v) is 2.80. The fourth-order valence-electron chi connectivity index (χ4n) is 1.70. The van der Waals surface area contributed by atoms with Gasteiger partial charge in [0.15, 0.2) is 11.9 Å². The van der Waals surface area contributed by atoms with E-state index in [1.807, 2.05) is 0 Å². The van der Waals surface area contributed by atoms with Crippen LogP contribution < -0.4 is 0 Å². The van der Waals surface area contributed by atoms with Crippen molar-refractivity contribution in [3.63, 3.8) is 0 Å². The van der Waals surface area contributed by atoms with E-state index in [2.05, 4.69) is 20.1 Å². The van der Waals surface area contributed by atoms with Crippen LogP contribution in [0, 0.1) is 0 Å². The number of carbonyl (C=O) groups excluding carboxylic acids is 1. The molecule has 0 aromatic heterocycles. The zero-order valence-corrected chi connectivity index (χ0v) is 11.3. The van der Waals surface area contributed by atoms with Gasteiger partial charge in [0.2, 0.25) is 0 Å². The first-order valence-electron chi connectivity index (χ1n) is 6.07. The Morgan fingerprint density at radius 3 is 2.27 bits per heavy atom. The lowest BCUT2D eigenvalue weighted by atomic mass is 9.99. The summed E-state index contributed by atoms with van der Waals surface area (Å²) in [4.78, 5) is 27.7. The molecule has 10 heteroatoms. The van der Waals surface area contributed by atoms with Crippen LogP contribution in [0.4, 0.5) is 0 Å². The van der Waals surface area contributed by atoms with Crippen molar-refractivity contribution in [2.45, 2.75) is 25.6 Å². The maximum absolute atomic E-state index is 11.9. The molecule has 114 valence electrons. The summed E-state index contributed by atoms with van der Waals surface area (Å²) in [5, 5.41) is 24.6. The van der Waals surface area contributed by atoms with Crippen molar-refractivity contribution in [2.75, 3.05) is 0 Å². The van der Waals surface area contributed by atoms with Gasteiger partial charge in [0.05, 0.1) is 13.1 Å². The highest BCUT2D eigenvalue weighted by atomic mass is 16.4. The molecule has 0 amide bonds. The Bertz CT molecular complexity index is 676. The van der Waals surface area contributed by atoms with Crippen LogP contribution in [-0.2, 0) is 17.9 Å². The van der Waals surface area contributed by atoms with E-state index in [0.29, 0.717) is 11.1 Å². The number of aliphatic hydroxyl groups is 1. The van der Waals surface area contributed by atoms with E-state index in [4.69, 9.17) is 16.2 Å². The molecule has 0 radical (unpaired) electrons. The molecule has 1 aromatic carbocycles. The Labute approximate surface area is 124 Å². The van der Waals surface area contributed by atoms with Gasteiger partial charge in [0.25, 0.3) is 0 Å². The molecular formula is C12H12N6O4. The molecular weight excluding hydrogens is 292 g/mol. The fraction of sp³-hybridized carbons (Fsp3) is 0.333. The van der Waals surface area contributed by atoms with Crippen LogP contribution in [0.5, 0.6) is 0 Å². The quantitative estimate of drug-likeness (QED) is 0.325. The number of hydrogen-bond acceptors (Lipinski definition) is 5. The number of carboxylic acids is 1. The first-order chi connectivity index (χ1) is 10.5. The van der Waals surface area contributed by atoms with Crippen molar-refractivity contribution in [2.24, 2.45) is 10.2 Å². The average molecular weight is 304 g/mol. The number of carboxylic acid groups (broad SMARTS) is 1. The second-order valence-electron chi connectivity index (χ2n) is 4.24. The van der Waals surface area contributed by atoms with Crippen molar-refractivity contribution in [1.82, 2.24) is 0 Å². The lowest BCUT2D eigenvalue weighted by molar-refractivity contribution is -0.146. The molecule has 1 rings (SSSR count). The summed E-state index contributed by atoms with van der Waals surface area (Å²) in [5.74, 6) is -2.05. The van der Waals surface area contributed by atoms with Crippen LogP contribution in [-0.4, -0.2) is 28.1 Å². The van der Waals surface area contributed by atoms with Crippen molar-refractivity contribution >= 4 is 11.8 Å². The SMILES string of the molecule is [N-]=[N+]=NCc1ccc(C(=O)CC(O)C(=O)O)cc1CN=[N+]=[N-]. The molecule has 1 atom stereocenters. The molecule has 2 N–H and O–H groups in total. The summed E-state index contributed by atoms with van der Waals surface area (Å²) in [7, 11) is 0. The molecule has 0 aliphatic rings. The number of Topliss-reactive ketones (excluding diaryl/α,β-unsaturated/α-hetero) is 1. The predicted molar refractivity (Wildman–Crippen MR) is 74.7 cm³/mol. The molecule has 22 heavy (non-hydrogen) atoms. The zero-order chi connectivity index (χ0) is 16.5. The van der Waals surface area contributed by atoms with Gasteiger partial charge in [-0.3, -0.25) is 4.79 Å². The van der Waals surface area contributed by atoms with E-state index in [-0.39, 0.29) is 18.7 Å². The minimum Gasteiger partial charge on any atom is -0.479 e. The maximum atomic E-state index is 11.9. The summed E-state index contributed by atoms with van der Waals surface area (Å²) in [6.07, 6.45) is -2.35. The molecule has 0 heterocycles. The minimum absolute atomic E-state index is 0.0268. The lowest BCUT2D eigenvalue weighted by Gasteiger charge is -2.09. The number of carbonyl (C=O) groups is 2. The van der Waals surface area contributed by atoms with Gasteiger partial charge in [-0.1, -0.05) is 22.4 Å². The second-order valence-corrected chi connectivity index (χ2v) is 4.24. The summed E-state index contributed by atoms with van der Waals surface area (Å²) >= 11 is 0. The fourth-order valence-corrected chi connectivity index (χ4v) is 1.70. The highest BCUT2D eigenvalue weighted by molar-refractivity contribution is 5.98. The molecule has 1 unspecified atom stereocenters. The van der Waals surface area contributed by atoms with Gasteiger partial charge < -0.3 is 10.2 Å². The first kappa shape index (κ1) is 17.0. The number of nitrogens with zero attached hydrogens (tertiary/aromatic N) is 6. The van der Waals surface area contributed by atoms with Gasteiger partial charge >= 0.3 is 5.97 Å². The Hall–Kier alpha value is -3.06. The Morgan fingerprint density at radius 2 is 1.73 bits per heavy atom. The smallest absolute Gasteiger partial charge is 0.332 e. The number of rotatable bonds is 8. The molecule has 0 aliphatic carbocycles. The maximum Gasteiger partial charge on any atom is 0.332 e. The number of aliphatic hydroxyl groups excluding tert-OH is 1. The third kappa shape index (κ3) is 4.80. The molecule has 0 saturated heterocycles. The lowest BCUT2D eigenvalue weighted by Crippen LogP contribution is -2.23. The molecule has 10 nitrogen and oxygen atoms in total.